The van der Waals surface area contributed by atoms with E-state index in [4.69, 9.17) is 4.74 Å². The number of halogens is 1. The molecular formula is C16H18FNOS. The molecule has 2 aromatic carbocycles. The number of nitrogens with one attached hydrogen (secondary N) is 1. The number of ether oxygens (including phenoxy) is 1. The molecule has 0 fully saturated rings. The third-order valence-electron chi connectivity index (χ3n) is 3.14. The first-order chi connectivity index (χ1) is 9.67. The summed E-state index contributed by atoms with van der Waals surface area (Å²) < 4.78 is 19.3. The van der Waals surface area contributed by atoms with Gasteiger partial charge in [0.25, 0.3) is 0 Å². The second kappa shape index (κ2) is 6.66. The van der Waals surface area contributed by atoms with E-state index in [1.807, 2.05) is 37.4 Å². The summed E-state index contributed by atoms with van der Waals surface area (Å²) in [7, 11) is 1.56. The third kappa shape index (κ3) is 3.07. The van der Waals surface area contributed by atoms with Crippen molar-refractivity contribution in [3.63, 3.8) is 0 Å². The molecule has 1 atom stereocenters. The molecule has 2 aromatic rings. The number of methoxy groups -OCH3 is 1. The Morgan fingerprint density at radius 3 is 2.60 bits per heavy atom. The molecule has 0 heterocycles. The van der Waals surface area contributed by atoms with Gasteiger partial charge in [-0.15, -0.1) is 11.8 Å². The van der Waals surface area contributed by atoms with Gasteiger partial charge in [0.1, 0.15) is 11.6 Å². The molecule has 20 heavy (non-hydrogen) atoms. The molecule has 106 valence electrons. The van der Waals surface area contributed by atoms with Crippen LogP contribution in [-0.2, 0) is 0 Å². The van der Waals surface area contributed by atoms with Crippen molar-refractivity contribution in [2.75, 3.05) is 18.7 Å². The van der Waals surface area contributed by atoms with Crippen molar-refractivity contribution in [3.8, 4) is 5.75 Å². The summed E-state index contributed by atoms with van der Waals surface area (Å²) in [6, 6.07) is 12.7. The number of anilines is 1. The van der Waals surface area contributed by atoms with Crippen molar-refractivity contribution >= 4 is 17.4 Å². The molecule has 2 rings (SSSR count). The monoisotopic (exact) mass is 291 g/mol. The van der Waals surface area contributed by atoms with E-state index in [0.717, 1.165) is 10.6 Å². The van der Waals surface area contributed by atoms with Gasteiger partial charge in [-0.25, -0.2) is 4.39 Å². The Morgan fingerprint density at radius 1 is 1.15 bits per heavy atom. The third-order valence-corrected chi connectivity index (χ3v) is 3.94. The van der Waals surface area contributed by atoms with Gasteiger partial charge >= 0.3 is 0 Å². The highest BCUT2D eigenvalue weighted by Crippen LogP contribution is 2.33. The summed E-state index contributed by atoms with van der Waals surface area (Å²) in [6.07, 6.45) is 2.02. The SMILES string of the molecule is COc1cccc(F)c1C(C)Nc1ccccc1SC. The van der Waals surface area contributed by atoms with E-state index in [0.29, 0.717) is 11.3 Å². The summed E-state index contributed by atoms with van der Waals surface area (Å²) in [5.74, 6) is 0.303. The fourth-order valence-corrected chi connectivity index (χ4v) is 2.75. The highest BCUT2D eigenvalue weighted by molar-refractivity contribution is 7.98. The Bertz CT molecular complexity index is 588. The average molecular weight is 291 g/mol. The van der Waals surface area contributed by atoms with Crippen LogP contribution in [0.15, 0.2) is 47.4 Å². The highest BCUT2D eigenvalue weighted by Gasteiger charge is 2.17. The van der Waals surface area contributed by atoms with Crippen LogP contribution in [-0.4, -0.2) is 13.4 Å². The van der Waals surface area contributed by atoms with Crippen LogP contribution >= 0.6 is 11.8 Å². The molecule has 1 unspecified atom stereocenters. The Hall–Kier alpha value is -1.68. The average Bonchev–Trinajstić information content (AvgIpc) is 2.47. The van der Waals surface area contributed by atoms with Crippen LogP contribution < -0.4 is 10.1 Å². The van der Waals surface area contributed by atoms with Crippen molar-refractivity contribution in [2.24, 2.45) is 0 Å². The summed E-state index contributed by atoms with van der Waals surface area (Å²) in [4.78, 5) is 1.13. The molecule has 1 N–H and O–H groups in total. The van der Waals surface area contributed by atoms with Gasteiger partial charge in [-0.2, -0.15) is 0 Å². The topological polar surface area (TPSA) is 21.3 Å². The zero-order valence-corrected chi connectivity index (χ0v) is 12.6. The van der Waals surface area contributed by atoms with Crippen LogP contribution in [0.3, 0.4) is 0 Å². The van der Waals surface area contributed by atoms with Crippen LogP contribution in [0.1, 0.15) is 18.5 Å². The van der Waals surface area contributed by atoms with Gasteiger partial charge in [-0.1, -0.05) is 18.2 Å². The van der Waals surface area contributed by atoms with Gasteiger partial charge in [-0.05, 0) is 37.4 Å². The maximum Gasteiger partial charge on any atom is 0.132 e. The number of rotatable bonds is 5. The van der Waals surface area contributed by atoms with Crippen molar-refractivity contribution in [3.05, 3.63) is 53.8 Å². The lowest BCUT2D eigenvalue weighted by atomic mass is 10.1. The molecule has 0 aliphatic rings. The molecule has 0 saturated heterocycles. The van der Waals surface area contributed by atoms with E-state index in [9.17, 15) is 4.39 Å². The molecule has 0 bridgehead atoms. The highest BCUT2D eigenvalue weighted by atomic mass is 32.2. The smallest absolute Gasteiger partial charge is 0.132 e. The van der Waals surface area contributed by atoms with E-state index in [-0.39, 0.29) is 11.9 Å². The van der Waals surface area contributed by atoms with Crippen LogP contribution in [0.4, 0.5) is 10.1 Å². The minimum Gasteiger partial charge on any atom is -0.496 e. The van der Waals surface area contributed by atoms with E-state index >= 15 is 0 Å². The molecule has 0 radical (unpaired) electrons. The van der Waals surface area contributed by atoms with Gasteiger partial charge in [-0.3, -0.25) is 0 Å². The summed E-state index contributed by atoms with van der Waals surface area (Å²) in [5.41, 5.74) is 1.55. The maximum atomic E-state index is 14.0. The first-order valence-corrected chi connectivity index (χ1v) is 7.61. The van der Waals surface area contributed by atoms with E-state index < -0.39 is 0 Å². The van der Waals surface area contributed by atoms with Crippen molar-refractivity contribution in [1.82, 2.24) is 0 Å². The minimum absolute atomic E-state index is 0.181. The second-order valence-electron chi connectivity index (χ2n) is 4.42. The summed E-state index contributed by atoms with van der Waals surface area (Å²) in [6.45, 7) is 1.93. The largest absolute Gasteiger partial charge is 0.496 e. The summed E-state index contributed by atoms with van der Waals surface area (Å²) >= 11 is 1.66. The lowest BCUT2D eigenvalue weighted by molar-refractivity contribution is 0.402. The fourth-order valence-electron chi connectivity index (χ4n) is 2.18. The fraction of sp³-hybridized carbons (Fsp3) is 0.250. The number of hydrogen-bond donors (Lipinski definition) is 1. The molecule has 0 spiro atoms. The van der Waals surface area contributed by atoms with Crippen LogP contribution in [0.25, 0.3) is 0 Å². The molecule has 0 aromatic heterocycles. The molecule has 0 saturated carbocycles. The zero-order valence-electron chi connectivity index (χ0n) is 11.8. The first kappa shape index (κ1) is 14.7. The Balaban J connectivity index is 2.31. The zero-order chi connectivity index (χ0) is 14.5. The lowest BCUT2D eigenvalue weighted by Crippen LogP contribution is -2.10. The van der Waals surface area contributed by atoms with E-state index in [1.54, 1.807) is 31.0 Å². The Labute approximate surface area is 123 Å². The predicted octanol–water partition coefficient (Wildman–Crippen LogP) is 4.73. The Morgan fingerprint density at radius 2 is 1.90 bits per heavy atom. The normalized spacial score (nSPS) is 12.0. The minimum atomic E-state index is -0.258. The molecule has 0 amide bonds. The molecule has 0 aliphatic carbocycles. The van der Waals surface area contributed by atoms with Crippen molar-refractivity contribution < 1.29 is 9.13 Å². The molecule has 0 aliphatic heterocycles. The van der Waals surface area contributed by atoms with Gasteiger partial charge < -0.3 is 10.1 Å². The standard InChI is InChI=1S/C16H18FNOS/c1-11(16-12(17)7-6-9-14(16)19-2)18-13-8-4-5-10-15(13)20-3/h4-11,18H,1-3H3. The van der Waals surface area contributed by atoms with Crippen LogP contribution in [0.2, 0.25) is 0 Å². The number of hydrogen-bond acceptors (Lipinski definition) is 3. The van der Waals surface area contributed by atoms with Gasteiger partial charge in [0, 0.05) is 10.6 Å². The number of para-hydroxylation sites is 1. The van der Waals surface area contributed by atoms with Gasteiger partial charge in [0.2, 0.25) is 0 Å². The van der Waals surface area contributed by atoms with Crippen LogP contribution in [0.5, 0.6) is 5.75 Å². The quantitative estimate of drug-likeness (QED) is 0.805. The predicted molar refractivity (Wildman–Crippen MR) is 83.2 cm³/mol. The van der Waals surface area contributed by atoms with Gasteiger partial charge in [0.15, 0.2) is 0 Å². The Kier molecular flexibility index (Phi) is 4.90. The molecule has 2 nitrogen and oxygen atoms in total. The lowest BCUT2D eigenvalue weighted by Gasteiger charge is -2.20. The molecule has 4 heteroatoms. The second-order valence-corrected chi connectivity index (χ2v) is 5.27. The van der Waals surface area contributed by atoms with E-state index in [2.05, 4.69) is 5.32 Å². The first-order valence-electron chi connectivity index (χ1n) is 6.39. The number of benzene rings is 2. The molecular weight excluding hydrogens is 273 g/mol. The van der Waals surface area contributed by atoms with Crippen molar-refractivity contribution in [2.45, 2.75) is 17.9 Å². The van der Waals surface area contributed by atoms with Crippen LogP contribution in [0, 0.1) is 5.82 Å². The maximum absolute atomic E-state index is 14.0. The number of thioether (sulfide) groups is 1. The summed E-state index contributed by atoms with van der Waals surface area (Å²) in [5, 5.41) is 3.35. The van der Waals surface area contributed by atoms with Crippen molar-refractivity contribution in [1.29, 1.82) is 0 Å². The van der Waals surface area contributed by atoms with E-state index in [1.165, 1.54) is 6.07 Å². The van der Waals surface area contributed by atoms with Gasteiger partial charge in [0.05, 0.1) is 18.7 Å².